The number of amides is 1. The molecular formula is C20H26N2O3. The molecule has 25 heavy (non-hydrogen) atoms. The smallest absolute Gasteiger partial charge is 0.224 e. The van der Waals surface area contributed by atoms with Crippen LogP contribution < -0.4 is 14.8 Å². The number of hydrogen-bond donors (Lipinski definition) is 1. The Morgan fingerprint density at radius 3 is 2.32 bits per heavy atom. The van der Waals surface area contributed by atoms with E-state index in [1.54, 1.807) is 14.2 Å². The highest BCUT2D eigenvalue weighted by Crippen LogP contribution is 2.21. The molecule has 0 saturated heterocycles. The van der Waals surface area contributed by atoms with Gasteiger partial charge in [-0.05, 0) is 49.5 Å². The molecule has 0 fully saturated rings. The summed E-state index contributed by atoms with van der Waals surface area (Å²) >= 11 is 0. The third kappa shape index (κ3) is 5.50. The van der Waals surface area contributed by atoms with Gasteiger partial charge >= 0.3 is 0 Å². The van der Waals surface area contributed by atoms with Crippen LogP contribution in [0.1, 0.15) is 17.2 Å². The van der Waals surface area contributed by atoms with Crippen molar-refractivity contribution >= 4 is 5.91 Å². The number of benzene rings is 2. The van der Waals surface area contributed by atoms with Crippen molar-refractivity contribution in [2.75, 3.05) is 34.9 Å². The van der Waals surface area contributed by atoms with Crippen LogP contribution in [0.3, 0.4) is 0 Å². The molecule has 0 spiro atoms. The predicted molar refractivity (Wildman–Crippen MR) is 99.1 cm³/mol. The molecule has 1 unspecified atom stereocenters. The monoisotopic (exact) mass is 342 g/mol. The highest BCUT2D eigenvalue weighted by atomic mass is 16.5. The first-order valence-corrected chi connectivity index (χ1v) is 8.23. The predicted octanol–water partition coefficient (Wildman–Crippen LogP) is 2.67. The summed E-state index contributed by atoms with van der Waals surface area (Å²) in [5.74, 6) is 1.58. The standard InChI is InChI=1S/C20H26N2O3/c1-22(2)19(16-8-10-17(24-3)11-9-16)14-21-20(23)13-15-6-5-7-18(12-15)25-4/h5-12,19H,13-14H2,1-4H3,(H,21,23). The molecule has 134 valence electrons. The van der Waals surface area contributed by atoms with Crippen molar-refractivity contribution < 1.29 is 14.3 Å². The summed E-state index contributed by atoms with van der Waals surface area (Å²) in [6.45, 7) is 0.544. The number of nitrogens with one attached hydrogen (secondary N) is 1. The van der Waals surface area contributed by atoms with Gasteiger partial charge in [-0.15, -0.1) is 0 Å². The maximum atomic E-state index is 12.3. The molecule has 0 bridgehead atoms. The van der Waals surface area contributed by atoms with Gasteiger partial charge in [0.1, 0.15) is 11.5 Å². The number of likely N-dealkylation sites (N-methyl/N-ethyl adjacent to an activating group) is 1. The first-order chi connectivity index (χ1) is 12.0. The van der Waals surface area contributed by atoms with Crippen molar-refractivity contribution in [2.45, 2.75) is 12.5 Å². The lowest BCUT2D eigenvalue weighted by Gasteiger charge is -2.25. The molecule has 1 atom stereocenters. The van der Waals surface area contributed by atoms with E-state index < -0.39 is 0 Å². The Bertz CT molecular complexity index is 684. The number of carbonyl (C=O) groups excluding carboxylic acids is 1. The Morgan fingerprint density at radius 1 is 1.04 bits per heavy atom. The Hall–Kier alpha value is -2.53. The Balaban J connectivity index is 1.96. The van der Waals surface area contributed by atoms with Gasteiger partial charge in [0.2, 0.25) is 5.91 Å². The first kappa shape index (κ1) is 18.8. The van der Waals surface area contributed by atoms with E-state index in [-0.39, 0.29) is 11.9 Å². The molecule has 5 nitrogen and oxygen atoms in total. The van der Waals surface area contributed by atoms with Crippen molar-refractivity contribution in [3.8, 4) is 11.5 Å². The topological polar surface area (TPSA) is 50.8 Å². The number of hydrogen-bond acceptors (Lipinski definition) is 4. The lowest BCUT2D eigenvalue weighted by atomic mass is 10.1. The average Bonchev–Trinajstić information content (AvgIpc) is 2.62. The lowest BCUT2D eigenvalue weighted by molar-refractivity contribution is -0.120. The third-order valence-corrected chi connectivity index (χ3v) is 4.12. The zero-order valence-corrected chi connectivity index (χ0v) is 15.3. The maximum absolute atomic E-state index is 12.3. The van der Waals surface area contributed by atoms with E-state index in [1.807, 2.05) is 62.6 Å². The van der Waals surface area contributed by atoms with E-state index in [1.165, 1.54) is 0 Å². The molecule has 1 amide bonds. The Labute approximate surface area is 149 Å². The van der Waals surface area contributed by atoms with E-state index >= 15 is 0 Å². The minimum absolute atomic E-state index is 0.00591. The summed E-state index contributed by atoms with van der Waals surface area (Å²) in [7, 11) is 7.28. The minimum atomic E-state index is -0.00591. The molecule has 0 saturated carbocycles. The lowest BCUT2D eigenvalue weighted by Crippen LogP contribution is -2.35. The van der Waals surface area contributed by atoms with Gasteiger partial charge in [0.05, 0.1) is 26.7 Å². The molecular weight excluding hydrogens is 316 g/mol. The van der Waals surface area contributed by atoms with Crippen LogP contribution in [0, 0.1) is 0 Å². The van der Waals surface area contributed by atoms with Crippen molar-refractivity contribution in [2.24, 2.45) is 0 Å². The van der Waals surface area contributed by atoms with E-state index in [4.69, 9.17) is 9.47 Å². The molecule has 1 N–H and O–H groups in total. The largest absolute Gasteiger partial charge is 0.497 e. The second kappa shape index (κ2) is 9.08. The number of nitrogens with zero attached hydrogens (tertiary/aromatic N) is 1. The summed E-state index contributed by atoms with van der Waals surface area (Å²) in [4.78, 5) is 14.4. The minimum Gasteiger partial charge on any atom is -0.497 e. The molecule has 5 heteroatoms. The van der Waals surface area contributed by atoms with E-state index in [2.05, 4.69) is 10.2 Å². The fraction of sp³-hybridized carbons (Fsp3) is 0.350. The molecule has 2 rings (SSSR count). The van der Waals surface area contributed by atoms with Crippen LogP contribution in [-0.4, -0.2) is 45.7 Å². The van der Waals surface area contributed by atoms with Gasteiger partial charge in [-0.1, -0.05) is 24.3 Å². The molecule has 2 aromatic rings. The number of carbonyl (C=O) groups is 1. The molecule has 0 aliphatic heterocycles. The van der Waals surface area contributed by atoms with Gasteiger partial charge < -0.3 is 19.7 Å². The third-order valence-electron chi connectivity index (χ3n) is 4.12. The first-order valence-electron chi connectivity index (χ1n) is 8.23. The van der Waals surface area contributed by atoms with Crippen molar-refractivity contribution in [3.05, 3.63) is 59.7 Å². The van der Waals surface area contributed by atoms with Crippen LogP contribution in [0.4, 0.5) is 0 Å². The summed E-state index contributed by atoms with van der Waals surface area (Å²) in [5.41, 5.74) is 2.06. The number of ether oxygens (including phenoxy) is 2. The van der Waals surface area contributed by atoms with Crippen LogP contribution in [0.2, 0.25) is 0 Å². The second-order valence-electron chi connectivity index (χ2n) is 6.08. The quantitative estimate of drug-likeness (QED) is 0.801. The zero-order chi connectivity index (χ0) is 18.2. The van der Waals surface area contributed by atoms with Crippen LogP contribution >= 0.6 is 0 Å². The average molecular weight is 342 g/mol. The molecule has 0 heterocycles. The number of methoxy groups -OCH3 is 2. The SMILES string of the molecule is COc1ccc(C(CNC(=O)Cc2cccc(OC)c2)N(C)C)cc1. The normalized spacial score (nSPS) is 11.9. The highest BCUT2D eigenvalue weighted by Gasteiger charge is 2.15. The maximum Gasteiger partial charge on any atom is 0.224 e. The number of rotatable bonds is 8. The van der Waals surface area contributed by atoms with Crippen LogP contribution in [0.15, 0.2) is 48.5 Å². The summed E-state index contributed by atoms with van der Waals surface area (Å²) in [6.07, 6.45) is 0.333. The Kier molecular flexibility index (Phi) is 6.83. The van der Waals surface area contributed by atoms with Crippen LogP contribution in [-0.2, 0) is 11.2 Å². The summed E-state index contributed by atoms with van der Waals surface area (Å²) in [6, 6.07) is 15.6. The molecule has 0 radical (unpaired) electrons. The van der Waals surface area contributed by atoms with Gasteiger partial charge in [-0.25, -0.2) is 0 Å². The van der Waals surface area contributed by atoms with Crippen molar-refractivity contribution in [1.29, 1.82) is 0 Å². The molecule has 0 aliphatic rings. The van der Waals surface area contributed by atoms with Crippen LogP contribution in [0.25, 0.3) is 0 Å². The zero-order valence-electron chi connectivity index (χ0n) is 15.3. The molecule has 0 aromatic heterocycles. The van der Waals surface area contributed by atoms with Gasteiger partial charge in [0, 0.05) is 6.54 Å². The van der Waals surface area contributed by atoms with Crippen molar-refractivity contribution in [1.82, 2.24) is 10.2 Å². The van der Waals surface area contributed by atoms with Gasteiger partial charge in [-0.3, -0.25) is 4.79 Å². The molecule has 0 aliphatic carbocycles. The van der Waals surface area contributed by atoms with Gasteiger partial charge in [0.25, 0.3) is 0 Å². The fourth-order valence-corrected chi connectivity index (χ4v) is 2.67. The fourth-order valence-electron chi connectivity index (χ4n) is 2.67. The highest BCUT2D eigenvalue weighted by molar-refractivity contribution is 5.78. The van der Waals surface area contributed by atoms with E-state index in [0.29, 0.717) is 13.0 Å². The molecule has 2 aromatic carbocycles. The van der Waals surface area contributed by atoms with Crippen molar-refractivity contribution in [3.63, 3.8) is 0 Å². The Morgan fingerprint density at radius 2 is 1.72 bits per heavy atom. The van der Waals surface area contributed by atoms with E-state index in [9.17, 15) is 4.79 Å². The van der Waals surface area contributed by atoms with Crippen LogP contribution in [0.5, 0.6) is 11.5 Å². The second-order valence-corrected chi connectivity index (χ2v) is 6.08. The summed E-state index contributed by atoms with van der Waals surface area (Å²) < 4.78 is 10.4. The summed E-state index contributed by atoms with van der Waals surface area (Å²) in [5, 5.41) is 3.02. The van der Waals surface area contributed by atoms with E-state index in [0.717, 1.165) is 22.6 Å². The van der Waals surface area contributed by atoms with Gasteiger partial charge in [-0.2, -0.15) is 0 Å². The van der Waals surface area contributed by atoms with Gasteiger partial charge in [0.15, 0.2) is 0 Å².